The van der Waals surface area contributed by atoms with Crippen LogP contribution in [0.1, 0.15) is 25.8 Å². The Bertz CT molecular complexity index is 371. The molecule has 1 amide bonds. The summed E-state index contributed by atoms with van der Waals surface area (Å²) in [4.78, 5) is 11.5. The van der Waals surface area contributed by atoms with Crippen molar-refractivity contribution in [3.8, 4) is 0 Å². The van der Waals surface area contributed by atoms with Crippen LogP contribution in [0.25, 0.3) is 0 Å². The van der Waals surface area contributed by atoms with Crippen molar-refractivity contribution in [3.05, 3.63) is 33.8 Å². The van der Waals surface area contributed by atoms with Crippen molar-refractivity contribution in [1.29, 1.82) is 0 Å². The number of benzene rings is 1. The Morgan fingerprint density at radius 1 is 1.29 bits per heavy atom. The maximum absolute atomic E-state index is 11.5. The van der Waals surface area contributed by atoms with Gasteiger partial charge < -0.3 is 5.32 Å². The summed E-state index contributed by atoms with van der Waals surface area (Å²) < 4.78 is 0. The minimum Gasteiger partial charge on any atom is -0.356 e. The number of nitrogens with one attached hydrogen (secondary N) is 1. The molecule has 0 spiro atoms. The molecule has 0 bridgehead atoms. The van der Waals surface area contributed by atoms with Crippen LogP contribution in [-0.2, 0) is 11.2 Å². The number of carbonyl (C=O) groups excluding carboxylic acids is 1. The van der Waals surface area contributed by atoms with E-state index < -0.39 is 0 Å². The predicted molar refractivity (Wildman–Crippen MR) is 72.6 cm³/mol. The fourth-order valence-corrected chi connectivity index (χ4v) is 2.00. The zero-order chi connectivity index (χ0) is 12.8. The second-order valence-corrected chi connectivity index (χ2v) is 5.21. The minimum absolute atomic E-state index is 0.0367. The van der Waals surface area contributed by atoms with Crippen LogP contribution in [-0.4, -0.2) is 12.5 Å². The number of carbonyl (C=O) groups is 1. The number of hydrogen-bond acceptors (Lipinski definition) is 1. The van der Waals surface area contributed by atoms with Crippen molar-refractivity contribution < 1.29 is 4.79 Å². The van der Waals surface area contributed by atoms with Crippen LogP contribution in [0.4, 0.5) is 0 Å². The average Bonchev–Trinajstić information content (AvgIpc) is 2.25. The third-order valence-corrected chi connectivity index (χ3v) is 3.08. The van der Waals surface area contributed by atoms with Crippen LogP contribution in [0.3, 0.4) is 0 Å². The highest BCUT2D eigenvalue weighted by molar-refractivity contribution is 6.36. The molecule has 1 aromatic rings. The highest BCUT2D eigenvalue weighted by Gasteiger charge is 2.08. The third kappa shape index (κ3) is 4.97. The Morgan fingerprint density at radius 2 is 1.88 bits per heavy atom. The van der Waals surface area contributed by atoms with Gasteiger partial charge in [-0.1, -0.05) is 43.1 Å². The van der Waals surface area contributed by atoms with E-state index in [9.17, 15) is 4.79 Å². The Hall–Kier alpha value is -0.730. The van der Waals surface area contributed by atoms with Crippen LogP contribution in [0.2, 0.25) is 10.0 Å². The first kappa shape index (κ1) is 14.3. The van der Waals surface area contributed by atoms with Crippen molar-refractivity contribution >= 4 is 29.1 Å². The second kappa shape index (κ2) is 6.87. The third-order valence-electron chi connectivity index (χ3n) is 2.37. The molecule has 0 aliphatic carbocycles. The largest absolute Gasteiger partial charge is 0.356 e. The van der Waals surface area contributed by atoms with Gasteiger partial charge in [0.05, 0.1) is 0 Å². The zero-order valence-electron chi connectivity index (χ0n) is 10.1. The normalized spacial score (nSPS) is 10.6. The van der Waals surface area contributed by atoms with E-state index in [1.54, 1.807) is 18.2 Å². The Balaban J connectivity index is 2.47. The molecule has 0 heterocycles. The number of rotatable bonds is 5. The summed E-state index contributed by atoms with van der Waals surface area (Å²) in [6, 6.07) is 5.37. The highest BCUT2D eigenvalue weighted by atomic mass is 35.5. The van der Waals surface area contributed by atoms with Crippen molar-refractivity contribution in [2.24, 2.45) is 5.92 Å². The minimum atomic E-state index is 0.0367. The Morgan fingerprint density at radius 3 is 2.41 bits per heavy atom. The average molecular weight is 274 g/mol. The lowest BCUT2D eigenvalue weighted by atomic mass is 10.1. The van der Waals surface area contributed by atoms with E-state index in [2.05, 4.69) is 19.2 Å². The van der Waals surface area contributed by atoms with E-state index in [0.29, 0.717) is 35.3 Å². The molecule has 0 unspecified atom stereocenters. The summed E-state index contributed by atoms with van der Waals surface area (Å²) in [6.07, 6.45) is 0.985. The quantitative estimate of drug-likeness (QED) is 0.871. The molecule has 0 atom stereocenters. The van der Waals surface area contributed by atoms with Gasteiger partial charge in [-0.25, -0.2) is 0 Å². The maximum atomic E-state index is 11.5. The SMILES string of the molecule is CC(C)CNC(=O)CCc1c(Cl)cccc1Cl. The van der Waals surface area contributed by atoms with E-state index in [1.807, 2.05) is 0 Å². The van der Waals surface area contributed by atoms with Gasteiger partial charge in [0, 0.05) is 23.0 Å². The van der Waals surface area contributed by atoms with E-state index in [0.717, 1.165) is 5.56 Å². The summed E-state index contributed by atoms with van der Waals surface area (Å²) in [5.74, 6) is 0.498. The van der Waals surface area contributed by atoms with Crippen LogP contribution in [0.5, 0.6) is 0 Å². The van der Waals surface area contributed by atoms with Gasteiger partial charge in [0.2, 0.25) is 5.91 Å². The smallest absolute Gasteiger partial charge is 0.220 e. The first-order valence-corrected chi connectivity index (χ1v) is 6.46. The van der Waals surface area contributed by atoms with Crippen molar-refractivity contribution in [2.75, 3.05) is 6.54 Å². The molecule has 0 radical (unpaired) electrons. The van der Waals surface area contributed by atoms with Gasteiger partial charge in [-0.05, 0) is 30.0 Å². The molecule has 0 aromatic heterocycles. The maximum Gasteiger partial charge on any atom is 0.220 e. The molecule has 1 aromatic carbocycles. The van der Waals surface area contributed by atoms with Gasteiger partial charge in [0.15, 0.2) is 0 Å². The van der Waals surface area contributed by atoms with Crippen LogP contribution in [0, 0.1) is 5.92 Å². The van der Waals surface area contributed by atoms with E-state index in [-0.39, 0.29) is 5.91 Å². The zero-order valence-corrected chi connectivity index (χ0v) is 11.6. The molecule has 1 N–H and O–H groups in total. The van der Waals surface area contributed by atoms with Gasteiger partial charge >= 0.3 is 0 Å². The molecule has 0 aliphatic heterocycles. The highest BCUT2D eigenvalue weighted by Crippen LogP contribution is 2.25. The van der Waals surface area contributed by atoms with Crippen LogP contribution < -0.4 is 5.32 Å². The van der Waals surface area contributed by atoms with Crippen LogP contribution in [0.15, 0.2) is 18.2 Å². The fraction of sp³-hybridized carbons (Fsp3) is 0.462. The van der Waals surface area contributed by atoms with Gasteiger partial charge in [-0.15, -0.1) is 0 Å². The van der Waals surface area contributed by atoms with E-state index >= 15 is 0 Å². The fourth-order valence-electron chi connectivity index (χ4n) is 1.42. The molecular weight excluding hydrogens is 257 g/mol. The van der Waals surface area contributed by atoms with E-state index in [4.69, 9.17) is 23.2 Å². The monoisotopic (exact) mass is 273 g/mol. The van der Waals surface area contributed by atoms with Crippen molar-refractivity contribution in [1.82, 2.24) is 5.32 Å². The topological polar surface area (TPSA) is 29.1 Å². The lowest BCUT2D eigenvalue weighted by Crippen LogP contribution is -2.27. The van der Waals surface area contributed by atoms with Gasteiger partial charge in [-0.3, -0.25) is 4.79 Å². The standard InChI is InChI=1S/C13H17Cl2NO/c1-9(2)8-16-13(17)7-6-10-11(14)4-3-5-12(10)15/h3-5,9H,6-8H2,1-2H3,(H,16,17). The Labute approximate surface area is 112 Å². The second-order valence-electron chi connectivity index (χ2n) is 4.40. The predicted octanol–water partition coefficient (Wildman–Crippen LogP) is 3.70. The number of amides is 1. The first-order chi connectivity index (χ1) is 8.00. The summed E-state index contributed by atoms with van der Waals surface area (Å²) >= 11 is 12.0. The molecule has 2 nitrogen and oxygen atoms in total. The van der Waals surface area contributed by atoms with Crippen LogP contribution >= 0.6 is 23.2 Å². The summed E-state index contributed by atoms with van der Waals surface area (Å²) in [7, 11) is 0. The molecule has 4 heteroatoms. The summed E-state index contributed by atoms with van der Waals surface area (Å²) in [5, 5.41) is 4.11. The van der Waals surface area contributed by atoms with Gasteiger partial charge in [0.25, 0.3) is 0 Å². The molecule has 17 heavy (non-hydrogen) atoms. The molecule has 1 rings (SSSR count). The molecule has 0 aliphatic rings. The van der Waals surface area contributed by atoms with Gasteiger partial charge in [0.1, 0.15) is 0 Å². The van der Waals surface area contributed by atoms with Crippen molar-refractivity contribution in [2.45, 2.75) is 26.7 Å². The lowest BCUT2D eigenvalue weighted by Gasteiger charge is -2.09. The lowest BCUT2D eigenvalue weighted by molar-refractivity contribution is -0.121. The molecule has 94 valence electrons. The molecular formula is C13H17Cl2NO. The summed E-state index contributed by atoms with van der Waals surface area (Å²) in [6.45, 7) is 4.82. The molecule has 0 saturated heterocycles. The summed E-state index contributed by atoms with van der Waals surface area (Å²) in [5.41, 5.74) is 0.843. The molecule has 0 saturated carbocycles. The Kier molecular flexibility index (Phi) is 5.79. The van der Waals surface area contributed by atoms with Crippen molar-refractivity contribution in [3.63, 3.8) is 0 Å². The molecule has 0 fully saturated rings. The number of halogens is 2. The van der Waals surface area contributed by atoms with E-state index in [1.165, 1.54) is 0 Å². The number of hydrogen-bond donors (Lipinski definition) is 1. The van der Waals surface area contributed by atoms with Gasteiger partial charge in [-0.2, -0.15) is 0 Å². The first-order valence-electron chi connectivity index (χ1n) is 5.70.